The molecule has 0 saturated heterocycles. The molecule has 0 nitrogen and oxygen atoms in total. The second kappa shape index (κ2) is 23.2. The number of rotatable bonds is 8. The molecule has 0 aliphatic heterocycles. The fourth-order valence-corrected chi connectivity index (χ4v) is 14.5. The maximum atomic E-state index is 2.37. The molecule has 0 fully saturated rings. The van der Waals surface area contributed by atoms with E-state index in [1.165, 1.54) is 175 Å². The third kappa shape index (κ3) is 9.74. The van der Waals surface area contributed by atoms with Gasteiger partial charge >= 0.3 is 0 Å². The van der Waals surface area contributed by atoms with Crippen LogP contribution in [0.15, 0.2) is 364 Å². The summed E-state index contributed by atoms with van der Waals surface area (Å²) in [6.45, 7) is 0. The van der Waals surface area contributed by atoms with Crippen LogP contribution in [0.3, 0.4) is 0 Å². The van der Waals surface area contributed by atoms with Gasteiger partial charge in [-0.3, -0.25) is 0 Å². The zero-order valence-corrected chi connectivity index (χ0v) is 50.6. The summed E-state index contributed by atoms with van der Waals surface area (Å²) < 4.78 is 0. The van der Waals surface area contributed by atoms with Gasteiger partial charge in [-0.15, -0.1) is 0 Å². The van der Waals surface area contributed by atoms with Gasteiger partial charge in [0.1, 0.15) is 0 Å². The van der Waals surface area contributed by atoms with Gasteiger partial charge in [0.15, 0.2) is 0 Å². The lowest BCUT2D eigenvalue weighted by Gasteiger charge is -2.18. The van der Waals surface area contributed by atoms with Crippen LogP contribution in [0.5, 0.6) is 0 Å². The van der Waals surface area contributed by atoms with E-state index in [9.17, 15) is 0 Å². The van der Waals surface area contributed by atoms with Crippen molar-refractivity contribution in [1.82, 2.24) is 0 Å². The second-order valence-corrected chi connectivity index (χ2v) is 24.2. The third-order valence-electron chi connectivity index (χ3n) is 18.9. The lowest BCUT2D eigenvalue weighted by atomic mass is 9.85. The van der Waals surface area contributed by atoms with E-state index < -0.39 is 0 Å². The van der Waals surface area contributed by atoms with E-state index in [1.54, 1.807) is 0 Å². The van der Waals surface area contributed by atoms with Gasteiger partial charge in [0.25, 0.3) is 0 Å². The van der Waals surface area contributed by atoms with Gasteiger partial charge in [0, 0.05) is 0 Å². The van der Waals surface area contributed by atoms with Crippen LogP contribution >= 0.6 is 0 Å². The van der Waals surface area contributed by atoms with Gasteiger partial charge in [-0.05, 0) is 199 Å². The predicted molar refractivity (Wildman–Crippen MR) is 396 cm³/mol. The van der Waals surface area contributed by atoms with Crippen molar-refractivity contribution < 1.29 is 0 Å². The summed E-state index contributed by atoms with van der Waals surface area (Å²) in [7, 11) is 0. The van der Waals surface area contributed by atoms with E-state index in [2.05, 4.69) is 364 Å². The summed E-state index contributed by atoms with van der Waals surface area (Å²) in [6, 6.07) is 133. The first-order chi connectivity index (χ1) is 45.6. The van der Waals surface area contributed by atoms with Crippen LogP contribution in [-0.4, -0.2) is 0 Å². The molecule has 0 bridgehead atoms. The SMILES string of the molecule is c1cc(-c2ccc3ccccc3c2)cc(-c2c3ccccc3c(-c3ccc(-c4cccc5ccccc45)cc3)c3ccccc23)c1.c1cc(-c2cccc3ccccc23)cc(-c2c3ccccc3c(-c3ccc(-c4ccc5ccccc5c4)cc3)c3ccccc23)c1. The monoisotopic (exact) mass is 1160 g/mol. The van der Waals surface area contributed by atoms with E-state index in [4.69, 9.17) is 0 Å². The van der Waals surface area contributed by atoms with E-state index in [0.29, 0.717) is 0 Å². The zero-order valence-electron chi connectivity index (χ0n) is 50.6. The average molecular weight is 1170 g/mol. The largest absolute Gasteiger partial charge is 0.0616 e. The Hall–Kier alpha value is -12.0. The summed E-state index contributed by atoms with van der Waals surface area (Å²) in [5.41, 5.74) is 20.0. The van der Waals surface area contributed by atoms with Gasteiger partial charge in [-0.2, -0.15) is 0 Å². The molecule has 18 aromatic carbocycles. The van der Waals surface area contributed by atoms with E-state index in [-0.39, 0.29) is 0 Å². The summed E-state index contributed by atoms with van der Waals surface area (Å²) in [4.78, 5) is 0. The molecule has 0 heterocycles. The minimum Gasteiger partial charge on any atom is -0.0616 e. The van der Waals surface area contributed by atoms with E-state index in [0.717, 1.165) is 0 Å². The minimum absolute atomic E-state index is 1.23. The van der Waals surface area contributed by atoms with Gasteiger partial charge < -0.3 is 0 Å². The molecule has 0 spiro atoms. The molecule has 428 valence electrons. The molecule has 0 aromatic heterocycles. The second-order valence-electron chi connectivity index (χ2n) is 24.2. The van der Waals surface area contributed by atoms with Crippen molar-refractivity contribution in [3.63, 3.8) is 0 Å². The van der Waals surface area contributed by atoms with E-state index >= 15 is 0 Å². The van der Waals surface area contributed by atoms with Crippen LogP contribution in [-0.2, 0) is 0 Å². The highest BCUT2D eigenvalue weighted by Gasteiger charge is 2.20. The molecule has 0 saturated carbocycles. The average Bonchev–Trinajstić information content (AvgIpc) is 0.811. The lowest BCUT2D eigenvalue weighted by Crippen LogP contribution is -1.91. The molecule has 0 N–H and O–H groups in total. The van der Waals surface area contributed by atoms with Gasteiger partial charge in [0.2, 0.25) is 0 Å². The first kappa shape index (κ1) is 54.2. The Morgan fingerprint density at radius 2 is 0.359 bits per heavy atom. The standard InChI is InChI=1S/2C46H30/c1-2-13-35-29-37(28-23-31(35)11-1)36-15-9-16-38(30-36)46-43-20-7-5-18-41(43)45(42-19-6-8-21-44(42)46)34-26-24-33(25-27-34)40-22-10-14-32-12-3-4-17-39(32)40;1-2-13-35-29-36(28-25-31(35)11-1)32-23-26-34(27-24-32)45-41-18-5-7-20-43(41)46(44-21-8-6-19-42(44)45)38-16-9-15-37(30-38)40-22-10-14-33-12-3-4-17-39(33)40/h2*1-30H. The fraction of sp³-hybridized carbons (Fsp3) is 0. The Balaban J connectivity index is 0.000000141. The highest BCUT2D eigenvalue weighted by atomic mass is 14.2. The van der Waals surface area contributed by atoms with Crippen molar-refractivity contribution in [1.29, 1.82) is 0 Å². The maximum Gasteiger partial charge on any atom is -0.00262 e. The molecule has 0 amide bonds. The molecule has 18 aromatic rings. The quantitative estimate of drug-likeness (QED) is 0.133. The molecule has 92 heavy (non-hydrogen) atoms. The Morgan fingerprint density at radius 3 is 0.783 bits per heavy atom. The number of fused-ring (bicyclic) bond motifs is 8. The van der Waals surface area contributed by atoms with Crippen LogP contribution < -0.4 is 0 Å². The molecule has 0 heteroatoms. The van der Waals surface area contributed by atoms with Gasteiger partial charge in [-0.1, -0.05) is 340 Å². The summed E-state index contributed by atoms with van der Waals surface area (Å²) in [5.74, 6) is 0. The van der Waals surface area contributed by atoms with Crippen LogP contribution in [0.2, 0.25) is 0 Å². The predicted octanol–water partition coefficient (Wildman–Crippen LogP) is 25.9. The van der Waals surface area contributed by atoms with Gasteiger partial charge in [0.05, 0.1) is 0 Å². The topological polar surface area (TPSA) is 0 Å². The molecule has 0 aliphatic carbocycles. The Kier molecular flexibility index (Phi) is 13.7. The Morgan fingerprint density at radius 1 is 0.109 bits per heavy atom. The number of hydrogen-bond acceptors (Lipinski definition) is 0. The van der Waals surface area contributed by atoms with Crippen molar-refractivity contribution >= 4 is 86.2 Å². The molecule has 0 atom stereocenters. The first-order valence-electron chi connectivity index (χ1n) is 31.9. The molecule has 0 unspecified atom stereocenters. The lowest BCUT2D eigenvalue weighted by molar-refractivity contribution is 1.62. The van der Waals surface area contributed by atoms with Crippen LogP contribution in [0.1, 0.15) is 0 Å². The number of benzene rings is 18. The highest BCUT2D eigenvalue weighted by Crippen LogP contribution is 2.47. The van der Waals surface area contributed by atoms with E-state index in [1.807, 2.05) is 0 Å². The fourth-order valence-electron chi connectivity index (χ4n) is 14.5. The minimum atomic E-state index is 1.23. The van der Waals surface area contributed by atoms with Crippen molar-refractivity contribution in [2.45, 2.75) is 0 Å². The molecule has 0 aliphatic rings. The highest BCUT2D eigenvalue weighted by molar-refractivity contribution is 6.23. The molecule has 18 rings (SSSR count). The van der Waals surface area contributed by atoms with Crippen LogP contribution in [0.25, 0.3) is 175 Å². The van der Waals surface area contributed by atoms with Crippen LogP contribution in [0.4, 0.5) is 0 Å². The van der Waals surface area contributed by atoms with Crippen LogP contribution in [0, 0.1) is 0 Å². The Labute approximate surface area is 535 Å². The summed E-state index contributed by atoms with van der Waals surface area (Å²) in [6.07, 6.45) is 0. The third-order valence-corrected chi connectivity index (χ3v) is 18.9. The molecular formula is C92H60. The maximum absolute atomic E-state index is 2.37. The zero-order chi connectivity index (χ0) is 60.9. The Bertz CT molecular complexity index is 5730. The first-order valence-corrected chi connectivity index (χ1v) is 31.9. The van der Waals surface area contributed by atoms with Crippen molar-refractivity contribution in [3.8, 4) is 89.0 Å². The summed E-state index contributed by atoms with van der Waals surface area (Å²) in [5, 5.41) is 20.3. The number of hydrogen-bond donors (Lipinski definition) is 0. The molecular weight excluding hydrogens is 1110 g/mol. The van der Waals surface area contributed by atoms with Gasteiger partial charge in [-0.25, -0.2) is 0 Å². The van der Waals surface area contributed by atoms with Crippen molar-refractivity contribution in [3.05, 3.63) is 364 Å². The molecule has 0 radical (unpaired) electrons. The smallest absolute Gasteiger partial charge is 0.00262 e. The van der Waals surface area contributed by atoms with Crippen molar-refractivity contribution in [2.24, 2.45) is 0 Å². The van der Waals surface area contributed by atoms with Crippen molar-refractivity contribution in [2.75, 3.05) is 0 Å². The normalized spacial score (nSPS) is 11.5. The summed E-state index contributed by atoms with van der Waals surface area (Å²) >= 11 is 0.